The maximum Gasteiger partial charge on any atom is 0.319 e. The summed E-state index contributed by atoms with van der Waals surface area (Å²) in [6, 6.07) is 4.69. The number of nitrogens with two attached hydrogens (primary N) is 1. The molecular formula is C30H33ClF2N6OS. The van der Waals surface area contributed by atoms with Gasteiger partial charge in [0.2, 0.25) is 0 Å². The molecule has 2 saturated heterocycles. The Morgan fingerprint density at radius 3 is 2.41 bits per heavy atom. The maximum atomic E-state index is 16.6. The van der Waals surface area contributed by atoms with Crippen LogP contribution in [-0.2, 0) is 0 Å². The van der Waals surface area contributed by atoms with Crippen LogP contribution < -0.4 is 15.4 Å². The molecule has 3 fully saturated rings. The summed E-state index contributed by atoms with van der Waals surface area (Å²) in [4.78, 5) is 18.5. The highest BCUT2D eigenvalue weighted by atomic mass is 35.5. The number of aromatic nitrogens is 3. The van der Waals surface area contributed by atoms with Gasteiger partial charge in [-0.3, -0.25) is 0 Å². The zero-order valence-electron chi connectivity index (χ0n) is 22.9. The van der Waals surface area contributed by atoms with Crippen LogP contribution >= 0.6 is 22.9 Å². The molecule has 0 atom stereocenters. The van der Waals surface area contributed by atoms with Crippen LogP contribution in [-0.4, -0.2) is 59.2 Å². The molecule has 216 valence electrons. The topological polar surface area (TPSA) is 80.4 Å². The van der Waals surface area contributed by atoms with Crippen LogP contribution in [0.3, 0.4) is 0 Å². The molecule has 4 aromatic rings. The number of hydrogen-bond acceptors (Lipinski definition) is 8. The molecular weight excluding hydrogens is 566 g/mol. The largest absolute Gasteiger partial charge is 0.463 e. The first-order valence-corrected chi connectivity index (χ1v) is 15.7. The van der Waals surface area contributed by atoms with Crippen LogP contribution in [0.1, 0.15) is 51.4 Å². The quantitative estimate of drug-likeness (QED) is 0.244. The van der Waals surface area contributed by atoms with Gasteiger partial charge in [-0.15, -0.1) is 0 Å². The Kier molecular flexibility index (Phi) is 7.11. The molecule has 11 heteroatoms. The Balaban J connectivity index is 1.32. The number of hydrogen-bond donors (Lipinski definition) is 1. The summed E-state index contributed by atoms with van der Waals surface area (Å²) in [5.74, 6) is -0.418. The van der Waals surface area contributed by atoms with E-state index in [-0.39, 0.29) is 42.9 Å². The first-order valence-electron chi connectivity index (χ1n) is 14.6. The normalized spacial score (nSPS) is 19.2. The molecule has 0 unspecified atom stereocenters. The second-order valence-corrected chi connectivity index (χ2v) is 13.2. The molecule has 0 amide bonds. The van der Waals surface area contributed by atoms with Crippen molar-refractivity contribution in [1.29, 1.82) is 0 Å². The van der Waals surface area contributed by atoms with Crippen molar-refractivity contribution in [1.82, 2.24) is 19.9 Å². The second-order valence-electron chi connectivity index (χ2n) is 11.8. The third-order valence-electron chi connectivity index (χ3n) is 8.75. The fourth-order valence-corrected chi connectivity index (χ4v) is 7.40. The number of ether oxygens (including phenoxy) is 1. The molecule has 1 saturated carbocycles. The SMILES string of the molecule is Nc1nc2c(-c3c(Cl)cc4c(N5CCCCCC5)nc(OCC5(CN6CCCC6)CC5)nc4c3F)ccc(F)c2s1. The molecule has 4 heterocycles. The smallest absolute Gasteiger partial charge is 0.319 e. The van der Waals surface area contributed by atoms with Gasteiger partial charge < -0.3 is 20.3 Å². The summed E-state index contributed by atoms with van der Waals surface area (Å²) >= 11 is 7.81. The lowest BCUT2D eigenvalue weighted by Gasteiger charge is -2.25. The molecule has 2 aromatic heterocycles. The van der Waals surface area contributed by atoms with Crippen molar-refractivity contribution >= 4 is 55.0 Å². The molecule has 1 aliphatic carbocycles. The maximum absolute atomic E-state index is 16.6. The predicted molar refractivity (Wildman–Crippen MR) is 161 cm³/mol. The van der Waals surface area contributed by atoms with Crippen molar-refractivity contribution in [3.8, 4) is 17.1 Å². The number of halogens is 3. The first-order chi connectivity index (χ1) is 19.9. The van der Waals surface area contributed by atoms with Crippen molar-refractivity contribution in [2.75, 3.05) is 50.0 Å². The number of benzene rings is 2. The van der Waals surface area contributed by atoms with Gasteiger partial charge in [-0.25, -0.2) is 13.8 Å². The molecule has 2 N–H and O–H groups in total. The number of nitrogen functional groups attached to an aromatic ring is 1. The van der Waals surface area contributed by atoms with E-state index in [4.69, 9.17) is 27.1 Å². The molecule has 41 heavy (non-hydrogen) atoms. The molecule has 2 aliphatic heterocycles. The third-order valence-corrected chi connectivity index (χ3v) is 9.94. The van der Waals surface area contributed by atoms with Crippen LogP contribution in [0.4, 0.5) is 19.7 Å². The molecule has 2 aromatic carbocycles. The van der Waals surface area contributed by atoms with Gasteiger partial charge in [-0.05, 0) is 69.8 Å². The summed E-state index contributed by atoms with van der Waals surface area (Å²) in [5, 5.41) is 0.929. The van der Waals surface area contributed by atoms with Crippen LogP contribution in [0.2, 0.25) is 5.02 Å². The predicted octanol–water partition coefficient (Wildman–Crippen LogP) is 7.06. The minimum Gasteiger partial charge on any atom is -0.463 e. The van der Waals surface area contributed by atoms with Crippen LogP contribution in [0.15, 0.2) is 18.2 Å². The molecule has 0 spiro atoms. The Labute approximate surface area is 246 Å². The van der Waals surface area contributed by atoms with Gasteiger partial charge >= 0.3 is 6.01 Å². The molecule has 0 radical (unpaired) electrons. The molecule has 7 nitrogen and oxygen atoms in total. The van der Waals surface area contributed by atoms with Crippen molar-refractivity contribution in [3.05, 3.63) is 34.9 Å². The Bertz CT molecular complexity index is 1610. The van der Waals surface area contributed by atoms with Gasteiger partial charge in [-0.2, -0.15) is 9.97 Å². The number of nitrogens with zero attached hydrogens (tertiary/aromatic N) is 5. The monoisotopic (exact) mass is 598 g/mol. The Hall–Kier alpha value is -2.82. The minimum absolute atomic E-state index is 0.111. The standard InChI is InChI=1S/C30H33ClF2N6OS/c31-20-15-19-24(23(33)22(20)18-7-8-21(32)26-25(18)35-28(34)41-26)36-29(37-27(19)39-13-3-1-2-4-14-39)40-17-30(9-10-30)16-38-11-5-6-12-38/h7-8,15H,1-6,9-14,16-17H2,(H2,34,35). The zero-order valence-corrected chi connectivity index (χ0v) is 24.5. The van der Waals surface area contributed by atoms with E-state index in [1.807, 2.05) is 0 Å². The van der Waals surface area contributed by atoms with Gasteiger partial charge in [0, 0.05) is 41.6 Å². The van der Waals surface area contributed by atoms with Gasteiger partial charge in [0.05, 0.1) is 21.8 Å². The van der Waals surface area contributed by atoms with E-state index in [9.17, 15) is 4.39 Å². The fraction of sp³-hybridized carbons (Fsp3) is 0.500. The summed E-state index contributed by atoms with van der Waals surface area (Å²) < 4.78 is 37.7. The first kappa shape index (κ1) is 27.0. The number of thiazole rings is 1. The van der Waals surface area contributed by atoms with E-state index in [0.717, 1.165) is 82.6 Å². The lowest BCUT2D eigenvalue weighted by molar-refractivity contribution is 0.170. The van der Waals surface area contributed by atoms with Crippen molar-refractivity contribution in [3.63, 3.8) is 0 Å². The average molecular weight is 599 g/mol. The number of anilines is 2. The van der Waals surface area contributed by atoms with Gasteiger partial charge in [0.25, 0.3) is 0 Å². The lowest BCUT2D eigenvalue weighted by atomic mass is 10.0. The average Bonchev–Trinajstić information content (AvgIpc) is 3.45. The highest BCUT2D eigenvalue weighted by molar-refractivity contribution is 7.22. The van der Waals surface area contributed by atoms with Crippen molar-refractivity contribution in [2.24, 2.45) is 5.41 Å². The third kappa shape index (κ3) is 5.19. The van der Waals surface area contributed by atoms with E-state index < -0.39 is 11.6 Å². The molecule has 0 bridgehead atoms. The highest BCUT2D eigenvalue weighted by Gasteiger charge is 2.45. The highest BCUT2D eigenvalue weighted by Crippen LogP contribution is 2.47. The molecule has 3 aliphatic rings. The number of likely N-dealkylation sites (tertiary alicyclic amines) is 1. The van der Waals surface area contributed by atoms with Crippen LogP contribution in [0.25, 0.3) is 32.2 Å². The van der Waals surface area contributed by atoms with Gasteiger partial charge in [0.1, 0.15) is 17.2 Å². The summed E-state index contributed by atoms with van der Waals surface area (Å²) in [7, 11) is 0. The van der Waals surface area contributed by atoms with Crippen molar-refractivity contribution < 1.29 is 13.5 Å². The Morgan fingerprint density at radius 2 is 1.68 bits per heavy atom. The molecule has 7 rings (SSSR count). The summed E-state index contributed by atoms with van der Waals surface area (Å²) in [6.07, 6.45) is 9.10. The van der Waals surface area contributed by atoms with Crippen LogP contribution in [0, 0.1) is 17.0 Å². The van der Waals surface area contributed by atoms with Crippen molar-refractivity contribution in [2.45, 2.75) is 51.4 Å². The van der Waals surface area contributed by atoms with E-state index in [0.29, 0.717) is 23.4 Å². The summed E-state index contributed by atoms with van der Waals surface area (Å²) in [6.45, 7) is 5.45. The second kappa shape index (κ2) is 10.8. The number of fused-ring (bicyclic) bond motifs is 2. The zero-order chi connectivity index (χ0) is 28.1. The number of rotatable bonds is 7. The van der Waals surface area contributed by atoms with E-state index >= 15 is 4.39 Å². The minimum atomic E-state index is -0.603. The van der Waals surface area contributed by atoms with Gasteiger partial charge in [0.15, 0.2) is 10.9 Å². The van der Waals surface area contributed by atoms with E-state index in [1.165, 1.54) is 25.0 Å². The van der Waals surface area contributed by atoms with E-state index in [2.05, 4.69) is 19.8 Å². The summed E-state index contributed by atoms with van der Waals surface area (Å²) in [5.41, 5.74) is 6.92. The van der Waals surface area contributed by atoms with Crippen LogP contribution in [0.5, 0.6) is 6.01 Å². The lowest BCUT2D eigenvalue weighted by Crippen LogP contribution is -2.31. The Morgan fingerprint density at radius 1 is 0.951 bits per heavy atom. The fourth-order valence-electron chi connectivity index (χ4n) is 6.35. The van der Waals surface area contributed by atoms with E-state index in [1.54, 1.807) is 6.07 Å². The van der Waals surface area contributed by atoms with Gasteiger partial charge in [-0.1, -0.05) is 35.8 Å².